The third-order valence-corrected chi connectivity index (χ3v) is 19.1. The van der Waals surface area contributed by atoms with E-state index in [-0.39, 0.29) is 89.6 Å². The number of nitrogens with two attached hydrogens (primary N) is 1. The van der Waals surface area contributed by atoms with E-state index in [1.165, 1.54) is 41.3 Å². The van der Waals surface area contributed by atoms with Gasteiger partial charge in [-0.15, -0.1) is 48.7 Å². The van der Waals surface area contributed by atoms with Gasteiger partial charge in [0.15, 0.2) is 16.9 Å². The number of nitrogens with one attached hydrogen (secondary N) is 4. The van der Waals surface area contributed by atoms with Crippen LogP contribution in [0.25, 0.3) is 5.52 Å². The molecule has 4 aromatic heterocycles. The lowest BCUT2D eigenvalue weighted by molar-refractivity contribution is -0.212. The standard InChI is InChI=1S/C27H33N5O3.C20H25N5O2.C16H21N5O.C15H17NO5.CH2Cl2/c1-19-15-32(16-20-10-6-4-7-11-20)17-22(19)24-29-25(33)23(30-31-24)14-28-26(34)27(2,3)35-18-21-12-8-5-9-13-21;1-13-10-24(11-14-7-5-4-6-8-14)12-15(13)17-22-18(26)16-9-21-19(20(2,3)27)25(16)23-17;1-11-8-21(9-12-5-3-2-4-6-12)10-13(11)15-18-16(22)14(7-17)19-20-15;1-15(2,20-10-11-6-4-3-5-7-11)14(19)21-16-12(17)8-9-13(16)18;2-1-3/h4-13,19,22H,14-18H2,1-3H3,(H,28,34)(H,29,31,33);4-9,13,15,27H,10-12H2,1-3H3,(H,22,23,26);2-6,11,13H,7-10,17H2,1H3,(H,18,20,22);3-7H,8-10H2,1-2H3;1H2. The first-order valence-electron chi connectivity index (χ1n) is 36.1. The zero-order valence-corrected chi connectivity index (χ0v) is 64.1. The highest BCUT2D eigenvalue weighted by atomic mass is 35.5. The molecule has 0 radical (unpaired) electrons. The molecule has 29 heteroatoms. The van der Waals surface area contributed by atoms with Crippen LogP contribution in [0.4, 0.5) is 0 Å². The normalized spacial score (nSPS) is 19.0. The Balaban J connectivity index is 0.000000167. The quantitative estimate of drug-likeness (QED) is 0.0273. The summed E-state index contributed by atoms with van der Waals surface area (Å²) in [5.74, 6) is 1.76. The number of carbonyl (C=O) groups is 4. The Morgan fingerprint density at radius 2 is 0.898 bits per heavy atom. The first kappa shape index (κ1) is 82.5. The van der Waals surface area contributed by atoms with Crippen molar-refractivity contribution in [3.63, 3.8) is 0 Å². The maximum atomic E-state index is 12.7. The number of amides is 3. The van der Waals surface area contributed by atoms with Crippen molar-refractivity contribution in [2.75, 3.05) is 44.6 Å². The predicted molar refractivity (Wildman–Crippen MR) is 409 cm³/mol. The molecule has 4 aliphatic heterocycles. The summed E-state index contributed by atoms with van der Waals surface area (Å²) in [7, 11) is 0. The number of fused-ring (bicyclic) bond motifs is 1. The van der Waals surface area contributed by atoms with Crippen LogP contribution < -0.4 is 27.7 Å². The number of rotatable bonds is 22. The Hall–Kier alpha value is -9.55. The number of hydroxylamine groups is 2. The molecule has 6 atom stereocenters. The van der Waals surface area contributed by atoms with E-state index in [9.17, 15) is 38.7 Å². The van der Waals surface area contributed by atoms with Gasteiger partial charge in [0.2, 0.25) is 0 Å². The molecule has 6 unspecified atom stereocenters. The fourth-order valence-electron chi connectivity index (χ4n) is 13.0. The molecular weight excluding hydrogens is 1420 g/mol. The number of H-pyrrole nitrogens is 3. The van der Waals surface area contributed by atoms with Gasteiger partial charge < -0.3 is 45.4 Å². The van der Waals surface area contributed by atoms with Crippen molar-refractivity contribution in [1.82, 2.24) is 75.0 Å². The predicted octanol–water partition coefficient (Wildman–Crippen LogP) is 8.76. The number of benzene rings is 5. The number of ether oxygens (including phenoxy) is 2. The van der Waals surface area contributed by atoms with Crippen molar-refractivity contribution in [2.24, 2.45) is 23.5 Å². The van der Waals surface area contributed by atoms with E-state index >= 15 is 0 Å². The zero-order chi connectivity index (χ0) is 77.7. The van der Waals surface area contributed by atoms with Crippen molar-refractivity contribution in [1.29, 1.82) is 0 Å². The largest absolute Gasteiger partial charge is 0.382 e. The minimum absolute atomic E-state index is 0.0140. The van der Waals surface area contributed by atoms with Gasteiger partial charge in [-0.25, -0.2) is 14.3 Å². The van der Waals surface area contributed by atoms with E-state index in [1.54, 1.807) is 27.7 Å². The van der Waals surface area contributed by atoms with E-state index in [2.05, 4.69) is 147 Å². The third-order valence-electron chi connectivity index (χ3n) is 19.1. The van der Waals surface area contributed by atoms with Gasteiger partial charge in [0.05, 0.1) is 31.3 Å². The van der Waals surface area contributed by atoms with Crippen LogP contribution in [0.1, 0.15) is 155 Å². The smallest absolute Gasteiger partial charge is 0.364 e. The number of imidazole rings is 1. The van der Waals surface area contributed by atoms with E-state index in [0.29, 0.717) is 58.2 Å². The van der Waals surface area contributed by atoms with Crippen LogP contribution in [-0.4, -0.2) is 154 Å². The van der Waals surface area contributed by atoms with Gasteiger partial charge >= 0.3 is 5.97 Å². The molecule has 5 aromatic carbocycles. The molecular formula is C79H98Cl2N16O11. The molecule has 0 saturated carbocycles. The maximum Gasteiger partial charge on any atom is 0.364 e. The Morgan fingerprint density at radius 3 is 1.29 bits per heavy atom. The van der Waals surface area contributed by atoms with Crippen molar-refractivity contribution >= 4 is 52.4 Å². The molecule has 13 rings (SSSR count). The molecule has 574 valence electrons. The lowest BCUT2D eigenvalue weighted by Crippen LogP contribution is -2.44. The molecule has 4 aliphatic rings. The summed E-state index contributed by atoms with van der Waals surface area (Å²) in [5, 5.41) is 35.0. The van der Waals surface area contributed by atoms with Crippen LogP contribution in [0.5, 0.6) is 0 Å². The number of carbonyl (C=O) groups excluding carboxylic acids is 4. The first-order valence-corrected chi connectivity index (χ1v) is 37.2. The Morgan fingerprint density at radius 1 is 0.528 bits per heavy atom. The Labute approximate surface area is 637 Å². The number of aliphatic hydroxyl groups is 1. The fraction of sp³-hybridized carbons (Fsp3) is 0.430. The number of halogens is 2. The molecule has 0 spiro atoms. The van der Waals surface area contributed by atoms with Gasteiger partial charge in [-0.05, 0) is 87.1 Å². The number of hydrogen-bond acceptors (Lipinski definition) is 21. The van der Waals surface area contributed by atoms with Crippen molar-refractivity contribution in [3.05, 3.63) is 251 Å². The SMILES string of the molecule is CC(C)(OCc1ccccc1)C(=O)ON1C(=O)CCC1=O.CC1CN(Cc2ccccc2)CC1c1nn2c(C(C)(C)O)ncc2c(=O)[nH]1.CC1CN(Cc2ccccc2)CC1c1nnc(CN)c(=O)[nH]1.CC1CN(Cc2ccccc2)CC1c1nnc(CNC(=O)C(C)(C)OCc2ccccc2)c(=O)[nH]1.ClCCl. The monoisotopic (exact) mass is 1520 g/mol. The highest BCUT2D eigenvalue weighted by molar-refractivity contribution is 6.40. The van der Waals surface area contributed by atoms with E-state index in [1.807, 2.05) is 91.0 Å². The topological polar surface area (TPSA) is 348 Å². The van der Waals surface area contributed by atoms with Gasteiger partial charge in [-0.3, -0.25) is 43.5 Å². The molecule has 9 aromatic rings. The number of nitrogens with zero attached hydrogens (tertiary/aromatic N) is 11. The highest BCUT2D eigenvalue weighted by Gasteiger charge is 2.40. The molecule has 27 nitrogen and oxygen atoms in total. The molecule has 108 heavy (non-hydrogen) atoms. The number of imide groups is 1. The van der Waals surface area contributed by atoms with Crippen LogP contribution in [0.15, 0.2) is 172 Å². The Kier molecular flexibility index (Phi) is 29.4. The van der Waals surface area contributed by atoms with Gasteiger partial charge in [-0.1, -0.05) is 172 Å². The van der Waals surface area contributed by atoms with Crippen LogP contribution in [0, 0.1) is 17.8 Å². The number of aromatic amines is 3. The Bertz CT molecular complexity index is 4570. The molecule has 4 fully saturated rings. The summed E-state index contributed by atoms with van der Waals surface area (Å²) in [4.78, 5) is 110. The first-order chi connectivity index (χ1) is 51.6. The molecule has 7 N–H and O–H groups in total. The van der Waals surface area contributed by atoms with Crippen LogP contribution in [0.2, 0.25) is 0 Å². The van der Waals surface area contributed by atoms with Gasteiger partial charge in [0, 0.05) is 96.0 Å². The van der Waals surface area contributed by atoms with E-state index < -0.39 is 34.6 Å². The number of likely N-dealkylation sites (tertiary alicyclic amines) is 3. The van der Waals surface area contributed by atoms with Gasteiger partial charge in [0.1, 0.15) is 40.1 Å². The fourth-order valence-corrected chi connectivity index (χ4v) is 13.0. The van der Waals surface area contributed by atoms with Crippen molar-refractivity contribution < 1.29 is 38.6 Å². The lowest BCUT2D eigenvalue weighted by atomic mass is 9.97. The third kappa shape index (κ3) is 23.0. The number of aromatic nitrogens is 10. The average molecular weight is 1520 g/mol. The molecule has 0 aliphatic carbocycles. The van der Waals surface area contributed by atoms with Crippen molar-refractivity contribution in [2.45, 2.75) is 156 Å². The average Bonchev–Trinajstić information content (AvgIpc) is 1.67. The van der Waals surface area contributed by atoms with E-state index in [4.69, 9.17) is 43.2 Å². The minimum atomic E-state index is -1.26. The zero-order valence-electron chi connectivity index (χ0n) is 62.6. The van der Waals surface area contributed by atoms with Gasteiger partial charge in [0.25, 0.3) is 34.4 Å². The molecule has 3 amide bonds. The maximum absolute atomic E-state index is 12.7. The summed E-state index contributed by atoms with van der Waals surface area (Å²) in [6.07, 6.45) is 1.59. The molecule has 0 bridgehead atoms. The second kappa shape index (κ2) is 38.5. The van der Waals surface area contributed by atoms with Crippen LogP contribution in [0.3, 0.4) is 0 Å². The summed E-state index contributed by atoms with van der Waals surface area (Å²) in [5.41, 5.74) is 7.73. The minimum Gasteiger partial charge on any atom is -0.382 e. The molecule has 8 heterocycles. The second-order valence-electron chi connectivity index (χ2n) is 29.1. The van der Waals surface area contributed by atoms with Crippen LogP contribution in [-0.2, 0) is 85.0 Å². The van der Waals surface area contributed by atoms with Crippen molar-refractivity contribution in [3.8, 4) is 0 Å². The summed E-state index contributed by atoms with van der Waals surface area (Å²) >= 11 is 9.53. The second-order valence-corrected chi connectivity index (χ2v) is 29.9. The summed E-state index contributed by atoms with van der Waals surface area (Å²) < 4.78 is 12.8. The van der Waals surface area contributed by atoms with Crippen LogP contribution >= 0.6 is 23.2 Å². The molecule has 4 saturated heterocycles. The summed E-state index contributed by atoms with van der Waals surface area (Å²) in [6.45, 7) is 25.0. The summed E-state index contributed by atoms with van der Waals surface area (Å²) in [6, 6.07) is 50.2. The lowest BCUT2D eigenvalue weighted by Gasteiger charge is -2.24. The van der Waals surface area contributed by atoms with E-state index in [0.717, 1.165) is 70.0 Å². The van der Waals surface area contributed by atoms with Gasteiger partial charge in [-0.2, -0.15) is 5.10 Å². The number of alkyl halides is 2. The highest BCUT2D eigenvalue weighted by Crippen LogP contribution is 2.34. The number of hydrogen-bond donors (Lipinski definition) is 6.